The lowest BCUT2D eigenvalue weighted by Crippen LogP contribution is -2.17. The molecule has 1 aromatic rings. The minimum Gasteiger partial charge on any atom is -0.475 e. The lowest BCUT2D eigenvalue weighted by Gasteiger charge is -2.07. The van der Waals surface area contributed by atoms with Crippen LogP contribution in [0, 0.1) is 10.1 Å². The maximum atomic E-state index is 10.8. The molecule has 0 amide bonds. The monoisotopic (exact) mass is 316 g/mol. The van der Waals surface area contributed by atoms with Crippen molar-refractivity contribution < 1.29 is 9.66 Å². The van der Waals surface area contributed by atoms with Crippen molar-refractivity contribution in [1.29, 1.82) is 0 Å². The topological polar surface area (TPSA) is 64.7 Å². The summed E-state index contributed by atoms with van der Waals surface area (Å²) in [4.78, 5) is 14.6. The molecule has 0 saturated heterocycles. The Labute approximate surface area is 127 Å². The molecule has 108 valence electrons. The molecule has 0 unspecified atom stereocenters. The predicted octanol–water partition coefficient (Wildman–Crippen LogP) is 3.89. The van der Waals surface area contributed by atoms with Crippen LogP contribution in [0.3, 0.4) is 0 Å². The number of hydrogen-bond donors (Lipinski definition) is 0. The Kier molecular flexibility index (Phi) is 5.14. The molecule has 0 fully saturated rings. The van der Waals surface area contributed by atoms with Crippen LogP contribution in [0.5, 0.6) is 0 Å². The van der Waals surface area contributed by atoms with Gasteiger partial charge in [-0.1, -0.05) is 17.7 Å². The highest BCUT2D eigenvalue weighted by Gasteiger charge is 2.24. The number of hydrogen-bond acceptors (Lipinski definition) is 4. The van der Waals surface area contributed by atoms with E-state index < -0.39 is 4.92 Å². The third kappa shape index (κ3) is 3.95. The fourth-order valence-electron chi connectivity index (χ4n) is 1.64. The lowest BCUT2D eigenvalue weighted by molar-refractivity contribution is -0.384. The van der Waals surface area contributed by atoms with Crippen molar-refractivity contribution >= 4 is 41.7 Å². The van der Waals surface area contributed by atoms with Gasteiger partial charge in [-0.25, -0.2) is 4.99 Å². The van der Waals surface area contributed by atoms with E-state index in [0.29, 0.717) is 18.1 Å². The summed E-state index contributed by atoms with van der Waals surface area (Å²) in [5.41, 5.74) is 0.344. The van der Waals surface area contributed by atoms with Crippen molar-refractivity contribution in [2.24, 2.45) is 4.99 Å². The third-order valence-corrected chi connectivity index (χ3v) is 2.89. The Morgan fingerprint density at radius 2 is 2.15 bits per heavy atom. The van der Waals surface area contributed by atoms with Crippen LogP contribution in [0.25, 0.3) is 6.08 Å². The molecule has 0 bridgehead atoms. The van der Waals surface area contributed by atoms with E-state index in [4.69, 9.17) is 16.3 Å². The summed E-state index contributed by atoms with van der Waals surface area (Å²) in [6.07, 6.45) is 3.41. The van der Waals surface area contributed by atoms with Gasteiger partial charge in [-0.3, -0.25) is 10.1 Å². The number of aliphatic imine (C=N–C) groups is 1. The first-order valence-electron chi connectivity index (χ1n) is 5.72. The van der Waals surface area contributed by atoms with Gasteiger partial charge in [-0.05, 0) is 31.6 Å². The zero-order valence-electron chi connectivity index (χ0n) is 11.0. The molecule has 1 heterocycles. The van der Waals surface area contributed by atoms with Crippen LogP contribution in [0.15, 0.2) is 29.3 Å². The molecular formula is C13H14Cl2N2O3. The van der Waals surface area contributed by atoms with Crippen molar-refractivity contribution in [3.8, 4) is 0 Å². The molecular weight excluding hydrogens is 303 g/mol. The van der Waals surface area contributed by atoms with Gasteiger partial charge in [0.05, 0.1) is 10.5 Å². The maximum Gasteiger partial charge on any atom is 0.288 e. The van der Waals surface area contributed by atoms with Crippen LogP contribution >= 0.6 is 24.0 Å². The predicted molar refractivity (Wildman–Crippen MR) is 81.9 cm³/mol. The largest absolute Gasteiger partial charge is 0.475 e. The minimum atomic E-state index is -0.508. The highest BCUT2D eigenvalue weighted by molar-refractivity contribution is 6.32. The SMILES string of the molecule is CC1(C)COC(/C=C/c2ccc(Cl)c([N+](=O)[O-])c2)=N1.Cl. The number of nitro benzene ring substituents is 1. The fraction of sp³-hybridized carbons (Fsp3) is 0.308. The highest BCUT2D eigenvalue weighted by Crippen LogP contribution is 2.26. The summed E-state index contributed by atoms with van der Waals surface area (Å²) in [6.45, 7) is 4.48. The Bertz CT molecular complexity index is 583. The van der Waals surface area contributed by atoms with Crippen LogP contribution in [0.4, 0.5) is 5.69 Å². The summed E-state index contributed by atoms with van der Waals surface area (Å²) in [5, 5.41) is 10.9. The van der Waals surface area contributed by atoms with Crippen LogP contribution in [-0.4, -0.2) is 23.0 Å². The van der Waals surface area contributed by atoms with Crippen molar-refractivity contribution in [1.82, 2.24) is 0 Å². The highest BCUT2D eigenvalue weighted by atomic mass is 35.5. The average molecular weight is 317 g/mol. The van der Waals surface area contributed by atoms with E-state index in [0.717, 1.165) is 0 Å². The van der Waals surface area contributed by atoms with Crippen LogP contribution in [-0.2, 0) is 4.74 Å². The Morgan fingerprint density at radius 3 is 2.70 bits per heavy atom. The number of nitro groups is 1. The standard InChI is InChI=1S/C13H13ClN2O3.ClH/c1-13(2)8-19-12(15-13)6-4-9-3-5-10(14)11(7-9)16(17)18;/h3-7H,8H2,1-2H3;1H/b6-4+;. The fourth-order valence-corrected chi connectivity index (χ4v) is 1.83. The minimum absolute atomic E-state index is 0. The second kappa shape index (κ2) is 6.24. The smallest absolute Gasteiger partial charge is 0.288 e. The molecule has 0 atom stereocenters. The van der Waals surface area contributed by atoms with Crippen LogP contribution in [0.1, 0.15) is 19.4 Å². The van der Waals surface area contributed by atoms with Crippen LogP contribution in [0.2, 0.25) is 5.02 Å². The van der Waals surface area contributed by atoms with E-state index >= 15 is 0 Å². The molecule has 0 spiro atoms. The molecule has 0 N–H and O–H groups in total. The summed E-state index contributed by atoms with van der Waals surface area (Å²) in [6, 6.07) is 4.62. The van der Waals surface area contributed by atoms with Gasteiger partial charge in [0.1, 0.15) is 11.6 Å². The molecule has 7 heteroatoms. The molecule has 0 aromatic heterocycles. The number of halogens is 2. The van der Waals surface area contributed by atoms with Gasteiger partial charge < -0.3 is 4.74 Å². The zero-order chi connectivity index (χ0) is 14.0. The average Bonchev–Trinajstić information content (AvgIpc) is 2.67. The third-order valence-electron chi connectivity index (χ3n) is 2.57. The van der Waals surface area contributed by atoms with Crippen molar-refractivity contribution in [2.75, 3.05) is 6.61 Å². The van der Waals surface area contributed by atoms with E-state index in [1.54, 1.807) is 18.2 Å². The molecule has 0 saturated carbocycles. The van der Waals surface area contributed by atoms with Crippen molar-refractivity contribution in [2.45, 2.75) is 19.4 Å². The van der Waals surface area contributed by atoms with Gasteiger partial charge in [-0.2, -0.15) is 0 Å². The summed E-state index contributed by atoms with van der Waals surface area (Å²) >= 11 is 5.74. The van der Waals surface area contributed by atoms with Gasteiger partial charge >= 0.3 is 0 Å². The second-order valence-corrected chi connectivity index (χ2v) is 5.26. The molecule has 0 aliphatic carbocycles. The first-order chi connectivity index (χ1) is 8.87. The molecule has 1 aliphatic rings. The number of benzene rings is 1. The number of nitrogens with zero attached hydrogens (tertiary/aromatic N) is 2. The van der Waals surface area contributed by atoms with Crippen molar-refractivity contribution in [3.63, 3.8) is 0 Å². The zero-order valence-corrected chi connectivity index (χ0v) is 12.6. The maximum absolute atomic E-state index is 10.8. The normalized spacial score (nSPS) is 16.4. The molecule has 0 radical (unpaired) electrons. The molecule has 5 nitrogen and oxygen atoms in total. The first kappa shape index (κ1) is 16.5. The first-order valence-corrected chi connectivity index (χ1v) is 6.10. The van der Waals surface area contributed by atoms with E-state index in [9.17, 15) is 10.1 Å². The number of ether oxygens (including phenoxy) is 1. The van der Waals surface area contributed by atoms with Gasteiger partial charge in [0.15, 0.2) is 0 Å². The van der Waals surface area contributed by atoms with E-state index in [1.807, 2.05) is 13.8 Å². The van der Waals surface area contributed by atoms with Gasteiger partial charge in [-0.15, -0.1) is 12.4 Å². The number of rotatable bonds is 3. The summed E-state index contributed by atoms with van der Waals surface area (Å²) in [7, 11) is 0. The molecule has 1 aliphatic heterocycles. The Balaban J connectivity index is 0.00000200. The summed E-state index contributed by atoms with van der Waals surface area (Å²) in [5.74, 6) is 0.530. The quantitative estimate of drug-likeness (QED) is 0.627. The Morgan fingerprint density at radius 1 is 1.45 bits per heavy atom. The van der Waals surface area contributed by atoms with E-state index in [2.05, 4.69) is 4.99 Å². The van der Waals surface area contributed by atoms with Crippen molar-refractivity contribution in [3.05, 3.63) is 45.0 Å². The molecule has 20 heavy (non-hydrogen) atoms. The second-order valence-electron chi connectivity index (χ2n) is 4.85. The molecule has 2 rings (SSSR count). The van der Waals surface area contributed by atoms with E-state index in [1.165, 1.54) is 12.1 Å². The van der Waals surface area contributed by atoms with E-state index in [-0.39, 0.29) is 28.7 Å². The van der Waals surface area contributed by atoms with Crippen LogP contribution < -0.4 is 0 Å². The van der Waals surface area contributed by atoms with Gasteiger partial charge in [0, 0.05) is 12.1 Å². The van der Waals surface area contributed by atoms with Gasteiger partial charge in [0.2, 0.25) is 5.90 Å². The van der Waals surface area contributed by atoms with Gasteiger partial charge in [0.25, 0.3) is 5.69 Å². The molecule has 1 aromatic carbocycles. The lowest BCUT2D eigenvalue weighted by atomic mass is 10.1. The summed E-state index contributed by atoms with van der Waals surface area (Å²) < 4.78 is 5.39. The Hall–Kier alpha value is -1.59.